The Kier molecular flexibility index (Phi) is 3.58. The minimum atomic E-state index is 0.710. The fourth-order valence-corrected chi connectivity index (χ4v) is 4.63. The van der Waals surface area contributed by atoms with Gasteiger partial charge in [-0.3, -0.25) is 4.99 Å². The highest BCUT2D eigenvalue weighted by Crippen LogP contribution is 2.45. The molecule has 2 saturated heterocycles. The van der Waals surface area contributed by atoms with E-state index in [2.05, 4.69) is 34.9 Å². The number of aliphatic imine (C=N–C) groups is 1. The topological polar surface area (TPSA) is 36.4 Å². The van der Waals surface area contributed by atoms with Gasteiger partial charge in [0.05, 0.1) is 12.4 Å². The van der Waals surface area contributed by atoms with E-state index in [0.29, 0.717) is 6.04 Å². The summed E-state index contributed by atoms with van der Waals surface area (Å²) < 4.78 is 0. The van der Waals surface area contributed by atoms with E-state index in [1.165, 1.54) is 43.6 Å². The number of hydrogen-bond donors (Lipinski definition) is 2. The maximum Gasteiger partial charge on any atom is 0.0997 e. The number of nitrogens with one attached hydrogen (secondary N) is 2. The Labute approximate surface area is 127 Å². The first-order valence-electron chi connectivity index (χ1n) is 8.46. The molecule has 4 bridgehead atoms. The van der Waals surface area contributed by atoms with E-state index in [1.807, 2.05) is 6.07 Å². The van der Waals surface area contributed by atoms with Crippen LogP contribution < -0.4 is 10.6 Å². The molecule has 3 heteroatoms. The SMILES string of the molecule is c1ccc(NCCN=C2NC3CC4CC(C3)CC2C4)cc1. The first kappa shape index (κ1) is 13.2. The molecular weight excluding hydrogens is 258 g/mol. The maximum atomic E-state index is 4.90. The van der Waals surface area contributed by atoms with Crippen LogP contribution in [-0.2, 0) is 0 Å². The Hall–Kier alpha value is -1.51. The molecule has 2 atom stereocenters. The van der Waals surface area contributed by atoms with Gasteiger partial charge in [0.15, 0.2) is 0 Å². The average molecular weight is 283 g/mol. The number of benzene rings is 1. The molecule has 0 radical (unpaired) electrons. The number of anilines is 1. The number of rotatable bonds is 4. The van der Waals surface area contributed by atoms with E-state index in [1.54, 1.807) is 0 Å². The molecule has 4 fully saturated rings. The zero-order valence-corrected chi connectivity index (χ0v) is 12.6. The fraction of sp³-hybridized carbons (Fsp3) is 0.611. The lowest BCUT2D eigenvalue weighted by Gasteiger charge is -2.37. The van der Waals surface area contributed by atoms with E-state index < -0.39 is 0 Å². The Morgan fingerprint density at radius 2 is 1.76 bits per heavy atom. The van der Waals surface area contributed by atoms with E-state index >= 15 is 0 Å². The number of hydrogen-bond acceptors (Lipinski definition) is 2. The van der Waals surface area contributed by atoms with Gasteiger partial charge in [-0.05, 0) is 56.1 Å². The van der Waals surface area contributed by atoms with Crippen molar-refractivity contribution >= 4 is 11.5 Å². The molecule has 1 aromatic carbocycles. The van der Waals surface area contributed by atoms with Crippen molar-refractivity contribution in [2.24, 2.45) is 22.7 Å². The molecule has 2 aliphatic heterocycles. The molecule has 3 nitrogen and oxygen atoms in total. The summed E-state index contributed by atoms with van der Waals surface area (Å²) in [5.74, 6) is 3.97. The quantitative estimate of drug-likeness (QED) is 0.832. The lowest BCUT2D eigenvalue weighted by molar-refractivity contribution is 0.162. The Bertz CT molecular complexity index is 496. The minimum absolute atomic E-state index is 0.710. The second-order valence-corrected chi connectivity index (χ2v) is 7.01. The smallest absolute Gasteiger partial charge is 0.0997 e. The van der Waals surface area contributed by atoms with Crippen LogP contribution in [0.5, 0.6) is 0 Å². The highest BCUT2D eigenvalue weighted by atomic mass is 15.1. The van der Waals surface area contributed by atoms with Crippen LogP contribution in [0, 0.1) is 17.8 Å². The number of para-hydroxylation sites is 1. The first-order valence-corrected chi connectivity index (χ1v) is 8.46. The lowest BCUT2D eigenvalue weighted by atomic mass is 9.68. The van der Waals surface area contributed by atoms with Crippen LogP contribution in [0.15, 0.2) is 35.3 Å². The molecule has 2 aliphatic carbocycles. The normalized spacial score (nSPS) is 35.5. The fourth-order valence-electron chi connectivity index (χ4n) is 4.63. The molecule has 21 heavy (non-hydrogen) atoms. The van der Waals surface area contributed by atoms with Crippen molar-refractivity contribution in [2.75, 3.05) is 18.4 Å². The summed E-state index contributed by atoms with van der Waals surface area (Å²) >= 11 is 0. The number of fused-ring (bicyclic) bond motifs is 1. The molecule has 1 aromatic rings. The van der Waals surface area contributed by atoms with Gasteiger partial charge in [-0.25, -0.2) is 0 Å². The third kappa shape index (κ3) is 2.92. The van der Waals surface area contributed by atoms with Crippen LogP contribution in [0.4, 0.5) is 5.69 Å². The highest BCUT2D eigenvalue weighted by molar-refractivity contribution is 5.85. The van der Waals surface area contributed by atoms with Gasteiger partial charge in [0.1, 0.15) is 0 Å². The second-order valence-electron chi connectivity index (χ2n) is 7.01. The molecule has 2 N–H and O–H groups in total. The van der Waals surface area contributed by atoms with Gasteiger partial charge in [0.2, 0.25) is 0 Å². The number of amidine groups is 1. The predicted octanol–water partition coefficient (Wildman–Crippen LogP) is 3.30. The van der Waals surface area contributed by atoms with Crippen molar-refractivity contribution in [2.45, 2.75) is 38.1 Å². The van der Waals surface area contributed by atoms with Crippen LogP contribution in [0.2, 0.25) is 0 Å². The summed E-state index contributed by atoms with van der Waals surface area (Å²) in [6, 6.07) is 11.1. The molecule has 4 aliphatic rings. The zero-order chi connectivity index (χ0) is 14.1. The highest BCUT2D eigenvalue weighted by Gasteiger charge is 2.41. The second kappa shape index (κ2) is 5.70. The summed E-state index contributed by atoms with van der Waals surface area (Å²) in [7, 11) is 0. The summed E-state index contributed by atoms with van der Waals surface area (Å²) in [4.78, 5) is 4.90. The molecule has 0 amide bonds. The molecule has 0 spiro atoms. The largest absolute Gasteiger partial charge is 0.383 e. The Morgan fingerprint density at radius 1 is 1.00 bits per heavy atom. The van der Waals surface area contributed by atoms with E-state index in [0.717, 1.165) is 30.8 Å². The van der Waals surface area contributed by atoms with Crippen LogP contribution in [0.1, 0.15) is 32.1 Å². The molecule has 2 unspecified atom stereocenters. The van der Waals surface area contributed by atoms with Crippen molar-refractivity contribution < 1.29 is 0 Å². The molecule has 2 saturated carbocycles. The van der Waals surface area contributed by atoms with Gasteiger partial charge in [0, 0.05) is 24.2 Å². The van der Waals surface area contributed by atoms with E-state index in [-0.39, 0.29) is 0 Å². The van der Waals surface area contributed by atoms with Gasteiger partial charge in [-0.1, -0.05) is 18.2 Å². The molecule has 5 rings (SSSR count). The van der Waals surface area contributed by atoms with E-state index in [9.17, 15) is 0 Å². The molecule has 0 aromatic heterocycles. The summed E-state index contributed by atoms with van der Waals surface area (Å²) in [6.07, 6.45) is 7.01. The van der Waals surface area contributed by atoms with Crippen molar-refractivity contribution in [3.63, 3.8) is 0 Å². The Balaban J connectivity index is 1.35. The summed E-state index contributed by atoms with van der Waals surface area (Å²) in [5, 5.41) is 7.20. The van der Waals surface area contributed by atoms with Crippen molar-refractivity contribution in [3.8, 4) is 0 Å². The Morgan fingerprint density at radius 3 is 2.52 bits per heavy atom. The zero-order valence-electron chi connectivity index (χ0n) is 12.6. The molecular formula is C18H25N3. The van der Waals surface area contributed by atoms with Crippen molar-refractivity contribution in [1.82, 2.24) is 5.32 Å². The van der Waals surface area contributed by atoms with Crippen LogP contribution >= 0.6 is 0 Å². The third-order valence-electron chi connectivity index (χ3n) is 5.37. The van der Waals surface area contributed by atoms with E-state index in [4.69, 9.17) is 4.99 Å². The summed E-state index contributed by atoms with van der Waals surface area (Å²) in [6.45, 7) is 1.79. The monoisotopic (exact) mass is 283 g/mol. The first-order chi connectivity index (χ1) is 10.4. The summed E-state index contributed by atoms with van der Waals surface area (Å²) in [5.41, 5.74) is 1.19. The van der Waals surface area contributed by atoms with Gasteiger partial charge in [-0.2, -0.15) is 0 Å². The van der Waals surface area contributed by atoms with Crippen LogP contribution in [0.25, 0.3) is 0 Å². The lowest BCUT2D eigenvalue weighted by Crippen LogP contribution is -2.36. The van der Waals surface area contributed by atoms with Gasteiger partial charge in [-0.15, -0.1) is 0 Å². The molecule has 112 valence electrons. The van der Waals surface area contributed by atoms with Crippen LogP contribution in [0.3, 0.4) is 0 Å². The third-order valence-corrected chi connectivity index (χ3v) is 5.37. The number of nitrogens with zero attached hydrogens (tertiary/aromatic N) is 1. The van der Waals surface area contributed by atoms with Gasteiger partial charge >= 0.3 is 0 Å². The maximum absolute atomic E-state index is 4.90. The van der Waals surface area contributed by atoms with Crippen molar-refractivity contribution in [3.05, 3.63) is 30.3 Å². The standard InChI is InChI=1S/C18H25N3/c1-2-4-16(5-3-1)19-6-7-20-18-15-9-13-8-14(10-15)12-17(11-13)21-18/h1-5,13-15,17,19H,6-12H2,(H,20,21). The van der Waals surface area contributed by atoms with Crippen molar-refractivity contribution in [1.29, 1.82) is 0 Å². The predicted molar refractivity (Wildman–Crippen MR) is 87.7 cm³/mol. The van der Waals surface area contributed by atoms with Crippen LogP contribution in [-0.4, -0.2) is 25.0 Å². The van der Waals surface area contributed by atoms with Gasteiger partial charge in [0.25, 0.3) is 0 Å². The van der Waals surface area contributed by atoms with Gasteiger partial charge < -0.3 is 10.6 Å². The molecule has 2 heterocycles. The average Bonchev–Trinajstić information content (AvgIpc) is 2.68. The minimum Gasteiger partial charge on any atom is -0.383 e.